The van der Waals surface area contributed by atoms with Crippen molar-refractivity contribution in [2.75, 3.05) is 18.5 Å². The van der Waals surface area contributed by atoms with Crippen molar-refractivity contribution in [3.05, 3.63) is 24.0 Å². The molecule has 2 aliphatic heterocycles. The van der Waals surface area contributed by atoms with Crippen LogP contribution in [0, 0.1) is 0 Å². The Morgan fingerprint density at radius 1 is 1.26 bits per heavy atom. The number of hydrogen-bond acceptors (Lipinski definition) is 5. The van der Waals surface area contributed by atoms with Crippen LogP contribution >= 0.6 is 0 Å². The fourth-order valence-corrected chi connectivity index (χ4v) is 3.76. The average Bonchev–Trinajstić information content (AvgIpc) is 3.09. The van der Waals surface area contributed by atoms with E-state index in [9.17, 15) is 9.59 Å². The molecule has 5 rings (SSSR count). The van der Waals surface area contributed by atoms with E-state index in [-0.39, 0.29) is 18.5 Å². The van der Waals surface area contributed by atoms with E-state index in [1.807, 2.05) is 0 Å². The Kier molecular flexibility index (Phi) is 3.83. The molecule has 3 aliphatic rings. The summed E-state index contributed by atoms with van der Waals surface area (Å²) in [6, 6.07) is 0.0537. The van der Waals surface area contributed by atoms with Crippen LogP contribution in [0.1, 0.15) is 37.3 Å². The number of carbonyl (C=O) groups excluding carboxylic acids is 2. The van der Waals surface area contributed by atoms with Crippen molar-refractivity contribution in [2.24, 2.45) is 0 Å². The molecule has 0 atom stereocenters. The molecule has 142 valence electrons. The van der Waals surface area contributed by atoms with E-state index >= 15 is 0 Å². The zero-order chi connectivity index (χ0) is 18.4. The van der Waals surface area contributed by atoms with Crippen molar-refractivity contribution < 1.29 is 9.59 Å². The van der Waals surface area contributed by atoms with Crippen molar-refractivity contribution in [1.29, 1.82) is 0 Å². The van der Waals surface area contributed by atoms with Gasteiger partial charge in [0.2, 0.25) is 5.91 Å². The molecule has 10 nitrogen and oxygen atoms in total. The van der Waals surface area contributed by atoms with Crippen molar-refractivity contribution in [1.82, 2.24) is 34.3 Å². The number of rotatable bonds is 4. The molecule has 27 heavy (non-hydrogen) atoms. The molecule has 10 heteroatoms. The highest BCUT2D eigenvalue weighted by Crippen LogP contribution is 2.29. The van der Waals surface area contributed by atoms with Gasteiger partial charge in [0.05, 0.1) is 18.6 Å². The second-order valence-corrected chi connectivity index (χ2v) is 7.43. The predicted octanol–water partition coefficient (Wildman–Crippen LogP) is 0.655. The van der Waals surface area contributed by atoms with Gasteiger partial charge in [-0.05, 0) is 25.7 Å². The summed E-state index contributed by atoms with van der Waals surface area (Å²) in [7, 11) is 0. The third-order valence-electron chi connectivity index (χ3n) is 5.37. The third kappa shape index (κ3) is 3.15. The molecule has 1 saturated carbocycles. The lowest BCUT2D eigenvalue weighted by atomic mass is 10.2. The fourth-order valence-electron chi connectivity index (χ4n) is 3.76. The molecule has 1 N–H and O–H groups in total. The molecule has 4 heterocycles. The monoisotopic (exact) mass is 370 g/mol. The van der Waals surface area contributed by atoms with Gasteiger partial charge < -0.3 is 14.8 Å². The molecular formula is C17H22N8O2. The van der Waals surface area contributed by atoms with E-state index in [2.05, 4.69) is 25.2 Å². The molecule has 3 amide bonds. The summed E-state index contributed by atoms with van der Waals surface area (Å²) in [5.74, 6) is 1.95. The Morgan fingerprint density at radius 2 is 2.15 bits per heavy atom. The maximum atomic E-state index is 12.4. The van der Waals surface area contributed by atoms with E-state index in [1.165, 1.54) is 4.90 Å². The summed E-state index contributed by atoms with van der Waals surface area (Å²) in [5.41, 5.74) is 0.607. The van der Waals surface area contributed by atoms with Crippen molar-refractivity contribution in [2.45, 2.75) is 51.2 Å². The molecule has 2 aromatic heterocycles. The Labute approximate surface area is 156 Å². The lowest BCUT2D eigenvalue weighted by Gasteiger charge is -2.17. The lowest BCUT2D eigenvalue weighted by molar-refractivity contribution is -0.127. The number of amides is 3. The van der Waals surface area contributed by atoms with Gasteiger partial charge in [0.25, 0.3) is 0 Å². The zero-order valence-corrected chi connectivity index (χ0v) is 15.0. The number of aryl methyl sites for hydroxylation is 1. The molecule has 2 fully saturated rings. The quantitative estimate of drug-likeness (QED) is 0.852. The molecule has 2 aromatic rings. The van der Waals surface area contributed by atoms with Gasteiger partial charge in [0, 0.05) is 25.2 Å². The maximum Gasteiger partial charge on any atom is 0.323 e. The summed E-state index contributed by atoms with van der Waals surface area (Å²) in [5, 5.41) is 15.7. The SMILES string of the molecule is O=C(Nc1cnn(Cc2nnc3n2CCCC3)c1)N1CC(=O)N(C2CC2)C1. The number of anilines is 1. The van der Waals surface area contributed by atoms with E-state index in [0.29, 0.717) is 24.9 Å². The van der Waals surface area contributed by atoms with E-state index < -0.39 is 0 Å². The van der Waals surface area contributed by atoms with Crippen LogP contribution in [0.4, 0.5) is 10.5 Å². The number of hydrogen-bond donors (Lipinski definition) is 1. The third-order valence-corrected chi connectivity index (χ3v) is 5.37. The summed E-state index contributed by atoms with van der Waals surface area (Å²) >= 11 is 0. The van der Waals surface area contributed by atoms with Crippen LogP contribution in [0.15, 0.2) is 12.4 Å². The van der Waals surface area contributed by atoms with Gasteiger partial charge in [0.1, 0.15) is 18.9 Å². The van der Waals surface area contributed by atoms with Gasteiger partial charge in [0.15, 0.2) is 5.82 Å². The minimum atomic E-state index is -0.272. The second-order valence-electron chi connectivity index (χ2n) is 7.43. The lowest BCUT2D eigenvalue weighted by Crippen LogP contribution is -2.35. The zero-order valence-electron chi connectivity index (χ0n) is 15.0. The average molecular weight is 370 g/mol. The smallest absolute Gasteiger partial charge is 0.320 e. The standard InChI is InChI=1S/C17H22N8O2/c26-16-10-22(11-25(16)13-4-5-13)17(27)19-12-7-18-23(8-12)9-15-21-20-14-3-1-2-6-24(14)15/h7-8,13H,1-6,9-11H2,(H,19,27). The number of nitrogens with one attached hydrogen (secondary N) is 1. The highest BCUT2D eigenvalue weighted by molar-refractivity contribution is 5.94. The van der Waals surface area contributed by atoms with Crippen LogP contribution in [0.25, 0.3) is 0 Å². The first-order valence-electron chi connectivity index (χ1n) is 9.46. The number of urea groups is 1. The minimum absolute atomic E-state index is 0.0277. The fraction of sp³-hybridized carbons (Fsp3) is 0.588. The second kappa shape index (κ2) is 6.36. The van der Waals surface area contributed by atoms with E-state index in [0.717, 1.165) is 50.3 Å². The highest BCUT2D eigenvalue weighted by atomic mass is 16.2. The molecular weight excluding hydrogens is 348 g/mol. The first kappa shape index (κ1) is 16.3. The van der Waals surface area contributed by atoms with Crippen LogP contribution in [0.5, 0.6) is 0 Å². The van der Waals surface area contributed by atoms with E-state index in [4.69, 9.17) is 0 Å². The molecule has 0 spiro atoms. The first-order valence-corrected chi connectivity index (χ1v) is 9.46. The molecule has 1 saturated heterocycles. The van der Waals surface area contributed by atoms with Gasteiger partial charge in [-0.15, -0.1) is 10.2 Å². The molecule has 0 radical (unpaired) electrons. The molecule has 0 aromatic carbocycles. The van der Waals surface area contributed by atoms with Gasteiger partial charge >= 0.3 is 6.03 Å². The van der Waals surface area contributed by atoms with Crippen molar-refractivity contribution in [3.8, 4) is 0 Å². The summed E-state index contributed by atoms with van der Waals surface area (Å²) in [6.07, 6.45) is 8.75. The topological polar surface area (TPSA) is 101 Å². The van der Waals surface area contributed by atoms with E-state index in [1.54, 1.807) is 22.0 Å². The normalized spacial score (nSPS) is 19.5. The highest BCUT2D eigenvalue weighted by Gasteiger charge is 2.39. The van der Waals surface area contributed by atoms with Crippen LogP contribution < -0.4 is 5.32 Å². The summed E-state index contributed by atoms with van der Waals surface area (Å²) < 4.78 is 3.90. The number of aromatic nitrogens is 5. The maximum absolute atomic E-state index is 12.4. The van der Waals surface area contributed by atoms with Gasteiger partial charge in [-0.3, -0.25) is 14.4 Å². The van der Waals surface area contributed by atoms with Crippen molar-refractivity contribution in [3.63, 3.8) is 0 Å². The molecule has 0 bridgehead atoms. The Morgan fingerprint density at radius 3 is 3.00 bits per heavy atom. The number of fused-ring (bicyclic) bond motifs is 1. The van der Waals surface area contributed by atoms with Crippen molar-refractivity contribution >= 4 is 17.6 Å². The summed E-state index contributed by atoms with van der Waals surface area (Å²) in [4.78, 5) is 27.8. The largest absolute Gasteiger partial charge is 0.323 e. The predicted molar refractivity (Wildman–Crippen MR) is 94.7 cm³/mol. The Bertz CT molecular complexity index is 883. The first-order chi connectivity index (χ1) is 13.2. The number of carbonyl (C=O) groups is 2. The Balaban J connectivity index is 1.21. The van der Waals surface area contributed by atoms with Crippen LogP contribution in [-0.4, -0.2) is 65.5 Å². The number of nitrogens with zero attached hydrogens (tertiary/aromatic N) is 7. The Hall–Kier alpha value is -2.91. The van der Waals surface area contributed by atoms with Gasteiger partial charge in [-0.25, -0.2) is 4.79 Å². The molecule has 0 unspecified atom stereocenters. The summed E-state index contributed by atoms with van der Waals surface area (Å²) in [6.45, 7) is 1.97. The van der Waals surface area contributed by atoms with Gasteiger partial charge in [-0.2, -0.15) is 5.10 Å². The van der Waals surface area contributed by atoms with Crippen LogP contribution in [0.3, 0.4) is 0 Å². The van der Waals surface area contributed by atoms with Crippen LogP contribution in [-0.2, 0) is 24.3 Å². The minimum Gasteiger partial charge on any atom is -0.320 e. The molecule has 1 aliphatic carbocycles. The van der Waals surface area contributed by atoms with Crippen LogP contribution in [0.2, 0.25) is 0 Å². The van der Waals surface area contributed by atoms with Gasteiger partial charge in [-0.1, -0.05) is 0 Å².